The van der Waals surface area contributed by atoms with E-state index in [1.807, 2.05) is 0 Å². The lowest BCUT2D eigenvalue weighted by Crippen LogP contribution is -2.33. The van der Waals surface area contributed by atoms with E-state index in [0.717, 1.165) is 31.2 Å². The third kappa shape index (κ3) is 5.13. The maximum Gasteiger partial charge on any atom is 0.0431 e. The highest BCUT2D eigenvalue weighted by atomic mass is 16.2. The number of aliphatic hydroxyl groups excluding tert-OH is 1. The number of hydrogen-bond donors (Lipinski definition) is 2. The Labute approximate surface area is 100 Å². The first kappa shape index (κ1) is 13.7. The van der Waals surface area contributed by atoms with Crippen molar-refractivity contribution < 1.29 is 5.11 Å². The van der Waals surface area contributed by atoms with E-state index in [1.54, 1.807) is 5.57 Å². The van der Waals surface area contributed by atoms with Crippen LogP contribution in [-0.4, -0.2) is 24.3 Å². The van der Waals surface area contributed by atoms with Crippen LogP contribution in [0.4, 0.5) is 0 Å². The van der Waals surface area contributed by atoms with Crippen molar-refractivity contribution in [3.8, 4) is 0 Å². The average molecular weight is 225 g/mol. The Bertz CT molecular complexity index is 225. The fourth-order valence-corrected chi connectivity index (χ4v) is 2.71. The van der Waals surface area contributed by atoms with Gasteiger partial charge in [0.2, 0.25) is 0 Å². The SMILES string of the molecule is CC1=CC(C)CC(CNC(C)CCCO)C1. The van der Waals surface area contributed by atoms with Gasteiger partial charge in [0.15, 0.2) is 0 Å². The summed E-state index contributed by atoms with van der Waals surface area (Å²) in [4.78, 5) is 0. The zero-order valence-electron chi connectivity index (χ0n) is 11.0. The van der Waals surface area contributed by atoms with Crippen molar-refractivity contribution in [3.05, 3.63) is 11.6 Å². The van der Waals surface area contributed by atoms with Crippen molar-refractivity contribution in [3.63, 3.8) is 0 Å². The molecule has 0 spiro atoms. The quantitative estimate of drug-likeness (QED) is 0.681. The maximum absolute atomic E-state index is 8.77. The first-order valence-corrected chi connectivity index (χ1v) is 6.63. The van der Waals surface area contributed by atoms with E-state index in [1.165, 1.54) is 12.8 Å². The summed E-state index contributed by atoms with van der Waals surface area (Å²) in [7, 11) is 0. The van der Waals surface area contributed by atoms with E-state index < -0.39 is 0 Å². The van der Waals surface area contributed by atoms with Crippen molar-refractivity contribution in [1.29, 1.82) is 0 Å². The van der Waals surface area contributed by atoms with E-state index in [0.29, 0.717) is 12.6 Å². The standard InChI is InChI=1S/C14H27NO/c1-11-7-12(2)9-14(8-11)10-15-13(3)5-4-6-16/h7,11,13-16H,4-6,8-10H2,1-3H3. The Hall–Kier alpha value is -0.340. The summed E-state index contributed by atoms with van der Waals surface area (Å²) >= 11 is 0. The Morgan fingerprint density at radius 1 is 1.56 bits per heavy atom. The van der Waals surface area contributed by atoms with Crippen LogP contribution in [0.25, 0.3) is 0 Å². The molecule has 0 fully saturated rings. The Morgan fingerprint density at radius 2 is 2.31 bits per heavy atom. The molecule has 0 aromatic carbocycles. The van der Waals surface area contributed by atoms with Crippen LogP contribution in [0.3, 0.4) is 0 Å². The van der Waals surface area contributed by atoms with Crippen LogP contribution in [0, 0.1) is 11.8 Å². The van der Waals surface area contributed by atoms with Crippen LogP contribution in [0.2, 0.25) is 0 Å². The van der Waals surface area contributed by atoms with Gasteiger partial charge in [0, 0.05) is 12.6 Å². The van der Waals surface area contributed by atoms with Gasteiger partial charge in [0.1, 0.15) is 0 Å². The van der Waals surface area contributed by atoms with Gasteiger partial charge in [-0.2, -0.15) is 0 Å². The maximum atomic E-state index is 8.77. The molecule has 2 heteroatoms. The molecule has 0 aromatic rings. The van der Waals surface area contributed by atoms with E-state index in [-0.39, 0.29) is 0 Å². The van der Waals surface area contributed by atoms with E-state index in [4.69, 9.17) is 5.11 Å². The minimum Gasteiger partial charge on any atom is -0.396 e. The van der Waals surface area contributed by atoms with E-state index in [2.05, 4.69) is 32.2 Å². The molecule has 3 atom stereocenters. The number of hydrogen-bond acceptors (Lipinski definition) is 2. The molecule has 0 aliphatic heterocycles. The Morgan fingerprint density at radius 3 is 2.94 bits per heavy atom. The van der Waals surface area contributed by atoms with Gasteiger partial charge in [-0.3, -0.25) is 0 Å². The van der Waals surface area contributed by atoms with Crippen LogP contribution in [0.15, 0.2) is 11.6 Å². The van der Waals surface area contributed by atoms with Gasteiger partial charge in [-0.15, -0.1) is 0 Å². The van der Waals surface area contributed by atoms with Crippen LogP contribution in [0.5, 0.6) is 0 Å². The highest BCUT2D eigenvalue weighted by Crippen LogP contribution is 2.27. The molecule has 0 aromatic heterocycles. The second-order valence-corrected chi connectivity index (χ2v) is 5.47. The smallest absolute Gasteiger partial charge is 0.0431 e. The summed E-state index contributed by atoms with van der Waals surface area (Å²) in [5.74, 6) is 1.55. The molecular weight excluding hydrogens is 198 g/mol. The molecule has 0 bridgehead atoms. The van der Waals surface area contributed by atoms with Gasteiger partial charge < -0.3 is 10.4 Å². The molecule has 1 aliphatic carbocycles. The fraction of sp³-hybridized carbons (Fsp3) is 0.857. The first-order valence-electron chi connectivity index (χ1n) is 6.63. The molecule has 0 radical (unpaired) electrons. The monoisotopic (exact) mass is 225 g/mol. The van der Waals surface area contributed by atoms with Gasteiger partial charge >= 0.3 is 0 Å². The van der Waals surface area contributed by atoms with Crippen molar-refractivity contribution in [1.82, 2.24) is 5.32 Å². The zero-order chi connectivity index (χ0) is 12.0. The van der Waals surface area contributed by atoms with Crippen LogP contribution >= 0.6 is 0 Å². The normalized spacial score (nSPS) is 27.6. The summed E-state index contributed by atoms with van der Waals surface area (Å²) in [6, 6.07) is 0.536. The molecule has 1 rings (SSSR count). The van der Waals surface area contributed by atoms with Crippen molar-refractivity contribution in [2.24, 2.45) is 11.8 Å². The summed E-state index contributed by atoms with van der Waals surface area (Å²) in [6.07, 6.45) is 6.97. The Balaban J connectivity index is 2.20. The van der Waals surface area contributed by atoms with Gasteiger partial charge in [-0.1, -0.05) is 18.6 Å². The predicted molar refractivity (Wildman–Crippen MR) is 69.4 cm³/mol. The highest BCUT2D eigenvalue weighted by molar-refractivity contribution is 5.06. The minimum absolute atomic E-state index is 0.314. The topological polar surface area (TPSA) is 32.3 Å². The Kier molecular flexibility index (Phi) is 6.07. The molecule has 2 nitrogen and oxygen atoms in total. The molecule has 94 valence electrons. The summed E-state index contributed by atoms with van der Waals surface area (Å²) in [5.41, 5.74) is 1.55. The number of rotatable bonds is 6. The first-order chi connectivity index (χ1) is 7.61. The highest BCUT2D eigenvalue weighted by Gasteiger charge is 2.18. The van der Waals surface area contributed by atoms with Crippen LogP contribution in [-0.2, 0) is 0 Å². The molecule has 0 amide bonds. The van der Waals surface area contributed by atoms with Gasteiger partial charge in [-0.05, 0) is 57.9 Å². The molecule has 16 heavy (non-hydrogen) atoms. The molecule has 0 heterocycles. The molecule has 0 saturated heterocycles. The van der Waals surface area contributed by atoms with E-state index in [9.17, 15) is 0 Å². The lowest BCUT2D eigenvalue weighted by Gasteiger charge is -2.27. The van der Waals surface area contributed by atoms with Gasteiger partial charge in [0.25, 0.3) is 0 Å². The van der Waals surface area contributed by atoms with Gasteiger partial charge in [-0.25, -0.2) is 0 Å². The molecule has 3 unspecified atom stereocenters. The number of nitrogens with one attached hydrogen (secondary N) is 1. The second-order valence-electron chi connectivity index (χ2n) is 5.47. The lowest BCUT2D eigenvalue weighted by atomic mass is 9.83. The predicted octanol–water partition coefficient (Wildman–Crippen LogP) is 2.73. The minimum atomic E-state index is 0.314. The third-order valence-corrected chi connectivity index (χ3v) is 3.44. The number of allylic oxidation sites excluding steroid dienone is 2. The molecular formula is C14H27NO. The van der Waals surface area contributed by atoms with Crippen LogP contribution < -0.4 is 5.32 Å². The van der Waals surface area contributed by atoms with E-state index >= 15 is 0 Å². The average Bonchev–Trinajstić information content (AvgIpc) is 2.22. The van der Waals surface area contributed by atoms with Crippen LogP contribution in [0.1, 0.15) is 46.5 Å². The van der Waals surface area contributed by atoms with Gasteiger partial charge in [0.05, 0.1) is 0 Å². The van der Waals surface area contributed by atoms with Crippen molar-refractivity contribution in [2.75, 3.05) is 13.2 Å². The summed E-state index contributed by atoms with van der Waals surface area (Å²) in [5, 5.41) is 12.4. The third-order valence-electron chi connectivity index (χ3n) is 3.44. The second kappa shape index (κ2) is 7.08. The lowest BCUT2D eigenvalue weighted by molar-refractivity contribution is 0.273. The van der Waals surface area contributed by atoms with Crippen molar-refractivity contribution in [2.45, 2.75) is 52.5 Å². The zero-order valence-corrected chi connectivity index (χ0v) is 11.0. The van der Waals surface area contributed by atoms with Crippen molar-refractivity contribution >= 4 is 0 Å². The summed E-state index contributed by atoms with van der Waals surface area (Å²) < 4.78 is 0. The molecule has 2 N–H and O–H groups in total. The fourth-order valence-electron chi connectivity index (χ4n) is 2.71. The molecule has 1 aliphatic rings. The number of aliphatic hydroxyl groups is 1. The molecule has 0 saturated carbocycles. The largest absolute Gasteiger partial charge is 0.396 e. The summed E-state index contributed by atoms with van der Waals surface area (Å²) in [6.45, 7) is 8.21.